The normalized spacial score (nSPS) is 15.2. The number of aromatic nitrogens is 4. The highest BCUT2D eigenvalue weighted by Gasteiger charge is 2.19. The molecule has 1 N–H and O–H groups in total. The molecule has 0 aromatic carbocycles. The summed E-state index contributed by atoms with van der Waals surface area (Å²) in [7, 11) is 0. The third-order valence-corrected chi connectivity index (χ3v) is 4.82. The highest BCUT2D eigenvalue weighted by atomic mass is 16.1. The Balaban J connectivity index is 1.26. The smallest absolute Gasteiger partial charge is 0.269 e. The minimum atomic E-state index is -0.0947. The van der Waals surface area contributed by atoms with Crippen LogP contribution in [-0.4, -0.2) is 69.4 Å². The molecule has 140 valence electrons. The second-order valence-electron chi connectivity index (χ2n) is 6.71. The maximum atomic E-state index is 12.5. The molecule has 4 rings (SSSR count). The SMILES string of the molecule is Cc1ccn2c(C(=O)NCCN3CCN(c4ncccn4)CC3)cnc2c1. The zero-order chi connectivity index (χ0) is 18.6. The summed E-state index contributed by atoms with van der Waals surface area (Å²) < 4.78 is 1.82. The van der Waals surface area contributed by atoms with Crippen LogP contribution in [0.5, 0.6) is 0 Å². The molecule has 8 heteroatoms. The van der Waals surface area contributed by atoms with Gasteiger partial charge in [0, 0.05) is 57.9 Å². The van der Waals surface area contributed by atoms with Crippen molar-refractivity contribution in [2.24, 2.45) is 0 Å². The topological polar surface area (TPSA) is 78.7 Å². The molecular formula is C19H23N7O. The first kappa shape index (κ1) is 17.4. The average Bonchev–Trinajstić information content (AvgIpc) is 3.12. The van der Waals surface area contributed by atoms with Crippen LogP contribution in [0.1, 0.15) is 16.1 Å². The van der Waals surface area contributed by atoms with Crippen LogP contribution in [0.4, 0.5) is 5.95 Å². The molecule has 1 fully saturated rings. The fourth-order valence-electron chi connectivity index (χ4n) is 3.29. The predicted molar refractivity (Wildman–Crippen MR) is 103 cm³/mol. The number of hydrogen-bond donors (Lipinski definition) is 1. The molecule has 3 aromatic rings. The van der Waals surface area contributed by atoms with E-state index < -0.39 is 0 Å². The van der Waals surface area contributed by atoms with E-state index in [9.17, 15) is 4.79 Å². The first-order valence-corrected chi connectivity index (χ1v) is 9.17. The van der Waals surface area contributed by atoms with E-state index in [0.29, 0.717) is 12.2 Å². The molecule has 3 aromatic heterocycles. The molecule has 0 aliphatic carbocycles. The summed E-state index contributed by atoms with van der Waals surface area (Å²) in [4.78, 5) is 29.9. The molecule has 1 aliphatic rings. The summed E-state index contributed by atoms with van der Waals surface area (Å²) in [5.74, 6) is 0.691. The number of fused-ring (bicyclic) bond motifs is 1. The average molecular weight is 365 g/mol. The Morgan fingerprint density at radius 3 is 2.70 bits per heavy atom. The van der Waals surface area contributed by atoms with Gasteiger partial charge in [0.25, 0.3) is 5.91 Å². The number of piperazine rings is 1. The summed E-state index contributed by atoms with van der Waals surface area (Å²) in [5.41, 5.74) is 2.48. The molecule has 0 unspecified atom stereocenters. The van der Waals surface area contributed by atoms with Gasteiger partial charge in [-0.1, -0.05) is 0 Å². The quantitative estimate of drug-likeness (QED) is 0.726. The van der Waals surface area contributed by atoms with Crippen molar-refractivity contribution in [1.82, 2.24) is 29.6 Å². The van der Waals surface area contributed by atoms with Crippen molar-refractivity contribution in [2.75, 3.05) is 44.2 Å². The maximum Gasteiger partial charge on any atom is 0.269 e. The number of aryl methyl sites for hydroxylation is 1. The van der Waals surface area contributed by atoms with Gasteiger partial charge in [-0.25, -0.2) is 15.0 Å². The molecular weight excluding hydrogens is 342 g/mol. The Kier molecular flexibility index (Phi) is 4.97. The van der Waals surface area contributed by atoms with Gasteiger partial charge >= 0.3 is 0 Å². The van der Waals surface area contributed by atoms with Crippen LogP contribution in [-0.2, 0) is 0 Å². The Morgan fingerprint density at radius 2 is 1.93 bits per heavy atom. The van der Waals surface area contributed by atoms with E-state index >= 15 is 0 Å². The number of pyridine rings is 1. The van der Waals surface area contributed by atoms with Crippen LogP contribution in [0.15, 0.2) is 43.0 Å². The van der Waals surface area contributed by atoms with Crippen LogP contribution in [0, 0.1) is 6.92 Å². The molecule has 1 amide bonds. The van der Waals surface area contributed by atoms with Crippen molar-refractivity contribution in [2.45, 2.75) is 6.92 Å². The van der Waals surface area contributed by atoms with E-state index in [-0.39, 0.29) is 5.91 Å². The summed E-state index contributed by atoms with van der Waals surface area (Å²) in [6.45, 7) is 7.10. The zero-order valence-corrected chi connectivity index (χ0v) is 15.4. The second-order valence-corrected chi connectivity index (χ2v) is 6.71. The molecule has 8 nitrogen and oxygen atoms in total. The lowest BCUT2D eigenvalue weighted by atomic mass is 10.3. The highest BCUT2D eigenvalue weighted by molar-refractivity contribution is 5.93. The van der Waals surface area contributed by atoms with Gasteiger partial charge < -0.3 is 10.2 Å². The van der Waals surface area contributed by atoms with E-state index in [1.165, 1.54) is 0 Å². The Morgan fingerprint density at radius 1 is 1.15 bits per heavy atom. The van der Waals surface area contributed by atoms with Crippen molar-refractivity contribution in [3.8, 4) is 0 Å². The number of rotatable bonds is 5. The highest BCUT2D eigenvalue weighted by Crippen LogP contribution is 2.10. The molecule has 4 heterocycles. The number of hydrogen-bond acceptors (Lipinski definition) is 6. The summed E-state index contributed by atoms with van der Waals surface area (Å²) >= 11 is 0. The second kappa shape index (κ2) is 7.71. The number of nitrogens with one attached hydrogen (secondary N) is 1. The monoisotopic (exact) mass is 365 g/mol. The molecule has 27 heavy (non-hydrogen) atoms. The van der Waals surface area contributed by atoms with Crippen LogP contribution < -0.4 is 10.2 Å². The summed E-state index contributed by atoms with van der Waals surface area (Å²) in [6, 6.07) is 5.77. The lowest BCUT2D eigenvalue weighted by molar-refractivity contribution is 0.0942. The molecule has 0 atom stereocenters. The maximum absolute atomic E-state index is 12.5. The van der Waals surface area contributed by atoms with Crippen LogP contribution >= 0.6 is 0 Å². The Labute approximate surface area is 157 Å². The number of carbonyl (C=O) groups is 1. The van der Waals surface area contributed by atoms with Gasteiger partial charge in [0.2, 0.25) is 5.95 Å². The largest absolute Gasteiger partial charge is 0.349 e. The summed E-state index contributed by atoms with van der Waals surface area (Å²) in [5, 5.41) is 3.00. The number of nitrogens with zero attached hydrogens (tertiary/aromatic N) is 6. The Hall–Kier alpha value is -3.00. The van der Waals surface area contributed by atoms with Gasteiger partial charge in [0.1, 0.15) is 11.3 Å². The van der Waals surface area contributed by atoms with Crippen LogP contribution in [0.2, 0.25) is 0 Å². The number of carbonyl (C=O) groups excluding carboxylic acids is 1. The minimum Gasteiger partial charge on any atom is -0.349 e. The van der Waals surface area contributed by atoms with Crippen molar-refractivity contribution in [3.05, 3.63) is 54.2 Å². The minimum absolute atomic E-state index is 0.0947. The lowest BCUT2D eigenvalue weighted by Gasteiger charge is -2.34. The third-order valence-electron chi connectivity index (χ3n) is 4.82. The van der Waals surface area contributed by atoms with Crippen LogP contribution in [0.3, 0.4) is 0 Å². The molecule has 1 saturated heterocycles. The number of amides is 1. The van der Waals surface area contributed by atoms with E-state index in [0.717, 1.165) is 49.9 Å². The van der Waals surface area contributed by atoms with Gasteiger partial charge in [-0.05, 0) is 30.7 Å². The first-order chi connectivity index (χ1) is 13.2. The van der Waals surface area contributed by atoms with Gasteiger partial charge in [0.15, 0.2) is 0 Å². The molecule has 1 aliphatic heterocycles. The van der Waals surface area contributed by atoms with E-state index in [1.54, 1.807) is 18.6 Å². The van der Waals surface area contributed by atoms with Crippen molar-refractivity contribution in [1.29, 1.82) is 0 Å². The van der Waals surface area contributed by atoms with E-state index in [4.69, 9.17) is 0 Å². The van der Waals surface area contributed by atoms with Crippen molar-refractivity contribution >= 4 is 17.5 Å². The van der Waals surface area contributed by atoms with Crippen molar-refractivity contribution in [3.63, 3.8) is 0 Å². The molecule has 0 spiro atoms. The third kappa shape index (κ3) is 3.90. The summed E-state index contributed by atoms with van der Waals surface area (Å²) in [6.07, 6.45) is 7.05. The Bertz CT molecular complexity index is 916. The van der Waals surface area contributed by atoms with Gasteiger partial charge in [0.05, 0.1) is 6.20 Å². The fourth-order valence-corrected chi connectivity index (χ4v) is 3.29. The van der Waals surface area contributed by atoms with E-state index in [1.807, 2.05) is 35.7 Å². The fraction of sp³-hybridized carbons (Fsp3) is 0.368. The number of anilines is 1. The van der Waals surface area contributed by atoms with Crippen molar-refractivity contribution < 1.29 is 4.79 Å². The number of imidazole rings is 1. The molecule has 0 radical (unpaired) electrons. The van der Waals surface area contributed by atoms with Gasteiger partial charge in [-0.15, -0.1) is 0 Å². The zero-order valence-electron chi connectivity index (χ0n) is 15.4. The standard InChI is InChI=1S/C19H23N7O/c1-15-3-7-26-16(14-23-17(26)13-15)18(27)20-6-8-24-9-11-25(12-10-24)19-21-4-2-5-22-19/h2-5,7,13-14H,6,8-12H2,1H3,(H,20,27). The lowest BCUT2D eigenvalue weighted by Crippen LogP contribution is -2.49. The molecule has 0 bridgehead atoms. The van der Waals surface area contributed by atoms with Gasteiger partial charge in [-0.2, -0.15) is 0 Å². The van der Waals surface area contributed by atoms with Crippen LogP contribution in [0.25, 0.3) is 5.65 Å². The first-order valence-electron chi connectivity index (χ1n) is 9.17. The predicted octanol–water partition coefficient (Wildman–Crippen LogP) is 0.985. The van der Waals surface area contributed by atoms with Gasteiger partial charge in [-0.3, -0.25) is 14.1 Å². The molecule has 0 saturated carbocycles. The van der Waals surface area contributed by atoms with E-state index in [2.05, 4.69) is 30.1 Å².